The lowest BCUT2D eigenvalue weighted by Gasteiger charge is -2.24. The maximum absolute atomic E-state index is 13.6. The van der Waals surface area contributed by atoms with Crippen LogP contribution in [0.4, 0.5) is 8.78 Å². The highest BCUT2D eigenvalue weighted by Gasteiger charge is 2.50. The lowest BCUT2D eigenvalue weighted by Crippen LogP contribution is -2.45. The first-order valence-corrected chi connectivity index (χ1v) is 5.68. The summed E-state index contributed by atoms with van der Waals surface area (Å²) in [4.78, 5) is 22.4. The van der Waals surface area contributed by atoms with Gasteiger partial charge in [-0.1, -0.05) is 20.4 Å². The molecule has 6 heteroatoms. The number of carbonyl (C=O) groups excluding carboxylic acids is 2. The molecule has 0 saturated carbocycles. The Morgan fingerprint density at radius 2 is 1.89 bits per heavy atom. The highest BCUT2D eigenvalue weighted by molar-refractivity contribution is 5.87. The van der Waals surface area contributed by atoms with Crippen LogP contribution in [-0.4, -0.2) is 30.6 Å². The number of esters is 2. The monoisotopic (exact) mass is 264 g/mol. The maximum atomic E-state index is 13.6. The molecule has 0 aliphatic heterocycles. The van der Waals surface area contributed by atoms with Gasteiger partial charge in [0.05, 0.1) is 6.61 Å². The van der Waals surface area contributed by atoms with Crippen LogP contribution in [0, 0.1) is 0 Å². The fourth-order valence-electron chi connectivity index (χ4n) is 1.07. The van der Waals surface area contributed by atoms with E-state index in [1.165, 1.54) is 13.8 Å². The van der Waals surface area contributed by atoms with Crippen LogP contribution in [0.2, 0.25) is 0 Å². The van der Waals surface area contributed by atoms with Crippen LogP contribution in [0.5, 0.6) is 0 Å². The molecule has 1 unspecified atom stereocenters. The summed E-state index contributed by atoms with van der Waals surface area (Å²) in [7, 11) is 0. The molecule has 0 aliphatic carbocycles. The number of carbonyl (C=O) groups is 2. The van der Waals surface area contributed by atoms with Gasteiger partial charge in [0.25, 0.3) is 0 Å². The van der Waals surface area contributed by atoms with Crippen molar-refractivity contribution in [1.29, 1.82) is 0 Å². The van der Waals surface area contributed by atoms with Gasteiger partial charge in [-0.15, -0.1) is 0 Å². The van der Waals surface area contributed by atoms with Gasteiger partial charge in [-0.3, -0.25) is 0 Å². The minimum atomic E-state index is -3.85. The Balaban J connectivity index is 4.75. The van der Waals surface area contributed by atoms with Crippen LogP contribution in [0.1, 0.15) is 33.6 Å². The Labute approximate surface area is 105 Å². The van der Waals surface area contributed by atoms with Crippen LogP contribution in [0.25, 0.3) is 0 Å². The predicted octanol–water partition coefficient (Wildman–Crippen LogP) is 2.47. The highest BCUT2D eigenvalue weighted by Crippen LogP contribution is 2.26. The van der Waals surface area contributed by atoms with E-state index >= 15 is 0 Å². The quantitative estimate of drug-likeness (QED) is 0.523. The van der Waals surface area contributed by atoms with Crippen molar-refractivity contribution in [2.24, 2.45) is 0 Å². The molecule has 0 heterocycles. The molecule has 0 rings (SSSR count). The average molecular weight is 264 g/mol. The Hall–Kier alpha value is -1.46. The second kappa shape index (κ2) is 7.08. The Morgan fingerprint density at radius 1 is 1.33 bits per heavy atom. The molecule has 0 amide bonds. The zero-order valence-electron chi connectivity index (χ0n) is 10.8. The topological polar surface area (TPSA) is 52.6 Å². The third-order valence-corrected chi connectivity index (χ3v) is 2.08. The first kappa shape index (κ1) is 16.5. The number of hydrogen-bond donors (Lipinski definition) is 0. The van der Waals surface area contributed by atoms with Crippen LogP contribution in [0.3, 0.4) is 0 Å². The zero-order valence-corrected chi connectivity index (χ0v) is 10.8. The van der Waals surface area contributed by atoms with Crippen LogP contribution in [-0.2, 0) is 19.1 Å². The molecule has 0 N–H and O–H groups in total. The zero-order chi connectivity index (χ0) is 14.3. The van der Waals surface area contributed by atoms with Gasteiger partial charge < -0.3 is 9.47 Å². The molecule has 0 aliphatic rings. The summed E-state index contributed by atoms with van der Waals surface area (Å²) < 4.78 is 36.2. The van der Waals surface area contributed by atoms with Crippen molar-refractivity contribution in [1.82, 2.24) is 0 Å². The molecule has 0 aromatic carbocycles. The van der Waals surface area contributed by atoms with Crippen molar-refractivity contribution in [2.45, 2.75) is 45.6 Å². The summed E-state index contributed by atoms with van der Waals surface area (Å²) in [5.74, 6) is -6.48. The van der Waals surface area contributed by atoms with Crippen molar-refractivity contribution < 1.29 is 27.8 Å². The minimum absolute atomic E-state index is 0.00817. The summed E-state index contributed by atoms with van der Waals surface area (Å²) in [6, 6.07) is 0. The molecular weight excluding hydrogens is 246 g/mol. The average Bonchev–Trinajstić information content (AvgIpc) is 2.31. The normalized spacial score (nSPS) is 12.7. The van der Waals surface area contributed by atoms with Crippen molar-refractivity contribution in [2.75, 3.05) is 6.61 Å². The van der Waals surface area contributed by atoms with Gasteiger partial charge in [-0.25, -0.2) is 9.59 Å². The standard InChI is InChI=1S/C12H18F2O4/c1-5-7-17-11(16)12(13,14)9(6-2)18-10(15)8(3)4/h9H,3,5-7H2,1-2,4H3. The first-order chi connectivity index (χ1) is 8.27. The molecule has 0 spiro atoms. The number of ether oxygens (including phenoxy) is 2. The number of hydrogen-bond acceptors (Lipinski definition) is 4. The number of rotatable bonds is 7. The van der Waals surface area contributed by atoms with E-state index < -0.39 is 24.0 Å². The molecule has 0 saturated heterocycles. The second-order valence-corrected chi connectivity index (χ2v) is 3.84. The van der Waals surface area contributed by atoms with E-state index in [1.54, 1.807) is 6.92 Å². The molecule has 0 fully saturated rings. The largest absolute Gasteiger partial charge is 0.461 e. The summed E-state index contributed by atoms with van der Waals surface area (Å²) in [6.07, 6.45) is -1.61. The summed E-state index contributed by atoms with van der Waals surface area (Å²) in [6.45, 7) is 7.59. The van der Waals surface area contributed by atoms with E-state index in [-0.39, 0.29) is 18.6 Å². The van der Waals surface area contributed by atoms with E-state index in [0.29, 0.717) is 6.42 Å². The molecule has 0 aromatic heterocycles. The van der Waals surface area contributed by atoms with Crippen LogP contribution < -0.4 is 0 Å². The lowest BCUT2D eigenvalue weighted by molar-refractivity contribution is -0.197. The SMILES string of the molecule is C=C(C)C(=O)OC(CC)C(F)(F)C(=O)OCCC. The fourth-order valence-corrected chi connectivity index (χ4v) is 1.07. The van der Waals surface area contributed by atoms with E-state index in [9.17, 15) is 18.4 Å². The predicted molar refractivity (Wildman–Crippen MR) is 61.2 cm³/mol. The van der Waals surface area contributed by atoms with Gasteiger partial charge in [0.1, 0.15) is 0 Å². The van der Waals surface area contributed by atoms with E-state index in [1.807, 2.05) is 0 Å². The molecule has 1 atom stereocenters. The van der Waals surface area contributed by atoms with Crippen LogP contribution in [0.15, 0.2) is 12.2 Å². The number of halogens is 2. The molecule has 4 nitrogen and oxygen atoms in total. The minimum Gasteiger partial charge on any atom is -0.461 e. The molecule has 0 bridgehead atoms. The summed E-state index contributed by atoms with van der Waals surface area (Å²) >= 11 is 0. The van der Waals surface area contributed by atoms with E-state index in [0.717, 1.165) is 0 Å². The second-order valence-electron chi connectivity index (χ2n) is 3.84. The molecule has 0 aromatic rings. The first-order valence-electron chi connectivity index (χ1n) is 5.68. The lowest BCUT2D eigenvalue weighted by atomic mass is 10.1. The Morgan fingerprint density at radius 3 is 2.28 bits per heavy atom. The van der Waals surface area contributed by atoms with Gasteiger partial charge in [0.15, 0.2) is 6.10 Å². The van der Waals surface area contributed by atoms with Gasteiger partial charge in [0, 0.05) is 5.57 Å². The Bertz CT molecular complexity index is 326. The van der Waals surface area contributed by atoms with E-state index in [2.05, 4.69) is 16.1 Å². The van der Waals surface area contributed by atoms with Gasteiger partial charge >= 0.3 is 17.9 Å². The number of alkyl halides is 2. The van der Waals surface area contributed by atoms with Crippen molar-refractivity contribution in [3.63, 3.8) is 0 Å². The van der Waals surface area contributed by atoms with Crippen LogP contribution >= 0.6 is 0 Å². The molecular formula is C12H18F2O4. The molecule has 0 radical (unpaired) electrons. The fraction of sp³-hybridized carbons (Fsp3) is 0.667. The highest BCUT2D eigenvalue weighted by atomic mass is 19.3. The molecule has 18 heavy (non-hydrogen) atoms. The maximum Gasteiger partial charge on any atom is 0.381 e. The Kier molecular flexibility index (Phi) is 6.51. The summed E-state index contributed by atoms with van der Waals surface area (Å²) in [5.41, 5.74) is -0.00817. The van der Waals surface area contributed by atoms with Gasteiger partial charge in [0.2, 0.25) is 0 Å². The smallest absolute Gasteiger partial charge is 0.381 e. The van der Waals surface area contributed by atoms with Gasteiger partial charge in [-0.05, 0) is 19.8 Å². The summed E-state index contributed by atoms with van der Waals surface area (Å²) in [5, 5.41) is 0. The van der Waals surface area contributed by atoms with Gasteiger partial charge in [-0.2, -0.15) is 8.78 Å². The third kappa shape index (κ3) is 4.43. The van der Waals surface area contributed by atoms with Crippen molar-refractivity contribution in [3.05, 3.63) is 12.2 Å². The van der Waals surface area contributed by atoms with Crippen molar-refractivity contribution in [3.8, 4) is 0 Å². The van der Waals surface area contributed by atoms with Crippen molar-refractivity contribution >= 4 is 11.9 Å². The molecule has 104 valence electrons. The van der Waals surface area contributed by atoms with E-state index in [4.69, 9.17) is 0 Å². The third-order valence-electron chi connectivity index (χ3n) is 2.08.